The van der Waals surface area contributed by atoms with Gasteiger partial charge in [0, 0.05) is 14.1 Å². The Bertz CT molecular complexity index is 464. The summed E-state index contributed by atoms with van der Waals surface area (Å²) in [5, 5.41) is 3.77. The van der Waals surface area contributed by atoms with Crippen LogP contribution in [0.2, 0.25) is 0 Å². The van der Waals surface area contributed by atoms with E-state index in [-0.39, 0.29) is 0 Å². The van der Waals surface area contributed by atoms with Crippen molar-refractivity contribution in [2.75, 3.05) is 18.6 Å². The highest BCUT2D eigenvalue weighted by atomic mass is 32.2. The first-order valence-corrected chi connectivity index (χ1v) is 5.39. The lowest BCUT2D eigenvalue weighted by atomic mass is 10.5. The normalized spacial score (nSPS) is 10.8. The van der Waals surface area contributed by atoms with Crippen LogP contribution in [0, 0.1) is 0 Å². The standard InChI is InChI=1S/C8H11N5S/c1-9-6-5-7(13(2)4-10-5)12-8(11-6)14-3/h4H,1-3H3,(H,9,11,12). The Morgan fingerprint density at radius 3 is 2.86 bits per heavy atom. The van der Waals surface area contributed by atoms with Crippen molar-refractivity contribution in [3.05, 3.63) is 6.33 Å². The zero-order valence-electron chi connectivity index (χ0n) is 8.27. The molecule has 6 heteroatoms. The Kier molecular flexibility index (Phi) is 2.28. The highest BCUT2D eigenvalue weighted by Crippen LogP contribution is 2.20. The molecule has 0 radical (unpaired) electrons. The summed E-state index contributed by atoms with van der Waals surface area (Å²) in [5.41, 5.74) is 1.67. The van der Waals surface area contributed by atoms with Crippen LogP contribution in [-0.2, 0) is 7.05 Å². The molecular weight excluding hydrogens is 198 g/mol. The van der Waals surface area contributed by atoms with Gasteiger partial charge in [-0.1, -0.05) is 11.8 Å². The molecule has 0 saturated heterocycles. The molecule has 0 bridgehead atoms. The number of aromatic nitrogens is 4. The number of fused-ring (bicyclic) bond motifs is 1. The van der Waals surface area contributed by atoms with Crippen molar-refractivity contribution in [3.8, 4) is 0 Å². The number of thioether (sulfide) groups is 1. The topological polar surface area (TPSA) is 55.6 Å². The number of nitrogens with one attached hydrogen (secondary N) is 1. The lowest BCUT2D eigenvalue weighted by molar-refractivity contribution is 0.902. The van der Waals surface area contributed by atoms with Crippen LogP contribution < -0.4 is 5.32 Å². The summed E-state index contributed by atoms with van der Waals surface area (Å²) in [4.78, 5) is 12.9. The molecule has 2 aromatic heterocycles. The minimum Gasteiger partial charge on any atom is -0.371 e. The van der Waals surface area contributed by atoms with E-state index in [2.05, 4.69) is 20.3 Å². The van der Waals surface area contributed by atoms with Gasteiger partial charge in [-0.05, 0) is 6.26 Å². The third-order valence-corrected chi connectivity index (χ3v) is 2.51. The van der Waals surface area contributed by atoms with Gasteiger partial charge in [0.1, 0.15) is 5.52 Å². The van der Waals surface area contributed by atoms with Gasteiger partial charge < -0.3 is 9.88 Å². The molecule has 1 N–H and O–H groups in total. The van der Waals surface area contributed by atoms with Crippen LogP contribution in [0.1, 0.15) is 0 Å². The van der Waals surface area contributed by atoms with Crippen LogP contribution in [0.3, 0.4) is 0 Å². The summed E-state index contributed by atoms with van der Waals surface area (Å²) < 4.78 is 1.89. The lowest BCUT2D eigenvalue weighted by Gasteiger charge is -2.02. The number of hydrogen-bond donors (Lipinski definition) is 1. The van der Waals surface area contributed by atoms with E-state index >= 15 is 0 Å². The van der Waals surface area contributed by atoms with Crippen LogP contribution in [0.25, 0.3) is 11.2 Å². The quantitative estimate of drug-likeness (QED) is 0.593. The van der Waals surface area contributed by atoms with Gasteiger partial charge in [-0.25, -0.2) is 15.0 Å². The van der Waals surface area contributed by atoms with Crippen LogP contribution in [0.4, 0.5) is 5.82 Å². The van der Waals surface area contributed by atoms with Crippen molar-refractivity contribution in [2.24, 2.45) is 7.05 Å². The molecule has 5 nitrogen and oxygen atoms in total. The second-order valence-electron chi connectivity index (χ2n) is 2.84. The van der Waals surface area contributed by atoms with E-state index in [1.54, 1.807) is 6.33 Å². The third-order valence-electron chi connectivity index (χ3n) is 1.96. The minimum atomic E-state index is 0.755. The van der Waals surface area contributed by atoms with Crippen molar-refractivity contribution in [3.63, 3.8) is 0 Å². The molecule has 0 atom stereocenters. The molecular formula is C8H11N5S. The molecule has 0 aliphatic rings. The zero-order chi connectivity index (χ0) is 10.1. The van der Waals surface area contributed by atoms with Crippen LogP contribution in [0.15, 0.2) is 11.5 Å². The number of hydrogen-bond acceptors (Lipinski definition) is 5. The molecule has 0 saturated carbocycles. The molecule has 2 aromatic rings. The Hall–Kier alpha value is -1.30. The largest absolute Gasteiger partial charge is 0.371 e. The maximum Gasteiger partial charge on any atom is 0.191 e. The molecule has 0 fully saturated rings. The zero-order valence-corrected chi connectivity index (χ0v) is 9.09. The van der Waals surface area contributed by atoms with E-state index in [4.69, 9.17) is 0 Å². The summed E-state index contributed by atoms with van der Waals surface area (Å²) in [6, 6.07) is 0. The number of rotatable bonds is 2. The fourth-order valence-corrected chi connectivity index (χ4v) is 1.61. The maximum atomic E-state index is 4.37. The molecule has 0 aliphatic heterocycles. The first-order chi connectivity index (χ1) is 6.76. The first kappa shape index (κ1) is 9.26. The average molecular weight is 209 g/mol. The third kappa shape index (κ3) is 1.31. The van der Waals surface area contributed by atoms with Gasteiger partial charge >= 0.3 is 0 Å². The van der Waals surface area contributed by atoms with Crippen molar-refractivity contribution in [1.29, 1.82) is 0 Å². The van der Waals surface area contributed by atoms with Gasteiger partial charge in [0.05, 0.1) is 6.33 Å². The summed E-state index contributed by atoms with van der Waals surface area (Å²) in [5.74, 6) is 0.778. The SMILES string of the molecule is CNc1nc(SC)nc2c1ncn2C. The Morgan fingerprint density at radius 1 is 1.43 bits per heavy atom. The molecule has 2 heterocycles. The number of aryl methyl sites for hydroxylation is 1. The van der Waals surface area contributed by atoms with E-state index in [9.17, 15) is 0 Å². The number of imidazole rings is 1. The fourth-order valence-electron chi connectivity index (χ4n) is 1.25. The maximum absolute atomic E-state index is 4.37. The van der Waals surface area contributed by atoms with Gasteiger partial charge in [-0.15, -0.1) is 0 Å². The van der Waals surface area contributed by atoms with Gasteiger partial charge in [-0.3, -0.25) is 0 Å². The highest BCUT2D eigenvalue weighted by molar-refractivity contribution is 7.98. The Balaban J connectivity index is 2.76. The highest BCUT2D eigenvalue weighted by Gasteiger charge is 2.09. The number of anilines is 1. The molecule has 0 aliphatic carbocycles. The molecule has 74 valence electrons. The van der Waals surface area contributed by atoms with E-state index in [0.717, 1.165) is 22.1 Å². The van der Waals surface area contributed by atoms with Crippen molar-refractivity contribution >= 4 is 28.7 Å². The summed E-state index contributed by atoms with van der Waals surface area (Å²) in [6.07, 6.45) is 3.70. The molecule has 14 heavy (non-hydrogen) atoms. The average Bonchev–Trinajstić information content (AvgIpc) is 2.59. The van der Waals surface area contributed by atoms with Crippen LogP contribution in [0.5, 0.6) is 0 Å². The minimum absolute atomic E-state index is 0.755. The molecule has 0 unspecified atom stereocenters. The molecule has 0 amide bonds. The lowest BCUT2D eigenvalue weighted by Crippen LogP contribution is -1.98. The van der Waals surface area contributed by atoms with Gasteiger partial charge in [0.15, 0.2) is 16.6 Å². The summed E-state index contributed by atoms with van der Waals surface area (Å²) >= 11 is 1.52. The Morgan fingerprint density at radius 2 is 2.21 bits per heavy atom. The second-order valence-corrected chi connectivity index (χ2v) is 3.61. The second kappa shape index (κ2) is 3.45. The monoisotopic (exact) mass is 209 g/mol. The van der Waals surface area contributed by atoms with Crippen LogP contribution >= 0.6 is 11.8 Å². The van der Waals surface area contributed by atoms with E-state index in [1.807, 2.05) is 24.9 Å². The van der Waals surface area contributed by atoms with E-state index < -0.39 is 0 Å². The van der Waals surface area contributed by atoms with Gasteiger partial charge in [-0.2, -0.15) is 0 Å². The van der Waals surface area contributed by atoms with Crippen molar-refractivity contribution < 1.29 is 0 Å². The summed E-state index contributed by atoms with van der Waals surface area (Å²) in [6.45, 7) is 0. The van der Waals surface area contributed by atoms with E-state index in [0.29, 0.717) is 0 Å². The predicted molar refractivity (Wildman–Crippen MR) is 57.6 cm³/mol. The first-order valence-electron chi connectivity index (χ1n) is 4.17. The molecule has 0 spiro atoms. The van der Waals surface area contributed by atoms with Gasteiger partial charge in [0.2, 0.25) is 0 Å². The molecule has 2 rings (SSSR count). The smallest absolute Gasteiger partial charge is 0.191 e. The van der Waals surface area contributed by atoms with Gasteiger partial charge in [0.25, 0.3) is 0 Å². The van der Waals surface area contributed by atoms with E-state index in [1.165, 1.54) is 11.8 Å². The summed E-state index contributed by atoms with van der Waals surface area (Å²) in [7, 11) is 3.76. The fraction of sp³-hybridized carbons (Fsp3) is 0.375. The van der Waals surface area contributed by atoms with Crippen molar-refractivity contribution in [1.82, 2.24) is 19.5 Å². The van der Waals surface area contributed by atoms with Crippen molar-refractivity contribution in [2.45, 2.75) is 5.16 Å². The van der Waals surface area contributed by atoms with Crippen LogP contribution in [-0.4, -0.2) is 32.8 Å². The Labute approximate surface area is 86.0 Å². The predicted octanol–water partition coefficient (Wildman–Crippen LogP) is 1.13. The molecule has 0 aromatic carbocycles. The number of nitrogens with zero attached hydrogens (tertiary/aromatic N) is 4.